The highest BCUT2D eigenvalue weighted by Gasteiger charge is 2.12. The monoisotopic (exact) mass is 684 g/mol. The van der Waals surface area contributed by atoms with E-state index in [4.69, 9.17) is 39.9 Å². The van der Waals surface area contributed by atoms with Crippen LogP contribution in [-0.4, -0.2) is 35.7 Å². The molecule has 0 aliphatic carbocycles. The summed E-state index contributed by atoms with van der Waals surface area (Å²) in [7, 11) is 10.6. The summed E-state index contributed by atoms with van der Waals surface area (Å²) < 4.78 is 32.5. The zero-order chi connectivity index (χ0) is 26.4. The number of ether oxygens (including phenoxy) is 4. The van der Waals surface area contributed by atoms with Crippen molar-refractivity contribution >= 4 is 74.1 Å². The summed E-state index contributed by atoms with van der Waals surface area (Å²) >= 11 is 12.6. The van der Waals surface area contributed by atoms with Gasteiger partial charge in [-0.1, -0.05) is 31.9 Å². The molecule has 0 atom stereocenters. The van der Waals surface area contributed by atoms with E-state index in [1.165, 1.54) is 0 Å². The minimum atomic E-state index is -1.67. The number of rotatable bonds is 8. The van der Waals surface area contributed by atoms with E-state index in [9.17, 15) is 0 Å². The van der Waals surface area contributed by atoms with Crippen LogP contribution in [0.2, 0.25) is 0 Å². The number of alkyl halides is 1. The molecular formula is C22H29Br2Cl3O6S. The van der Waals surface area contributed by atoms with Crippen molar-refractivity contribution in [2.45, 2.75) is 52.4 Å². The van der Waals surface area contributed by atoms with Crippen LogP contribution >= 0.6 is 64.8 Å². The van der Waals surface area contributed by atoms with Gasteiger partial charge in [-0.05, 0) is 63.1 Å². The van der Waals surface area contributed by atoms with Gasteiger partial charge in [0.25, 0.3) is 0 Å². The van der Waals surface area contributed by atoms with Gasteiger partial charge in [0.1, 0.15) is 0 Å². The van der Waals surface area contributed by atoms with Crippen LogP contribution in [0.1, 0.15) is 38.8 Å². The maximum atomic E-state index is 9.11. The topological polar surface area (TPSA) is 74.2 Å². The summed E-state index contributed by atoms with van der Waals surface area (Å²) in [5.41, 5.74) is 1.78. The van der Waals surface area contributed by atoms with Crippen LogP contribution in [0.5, 0.6) is 23.0 Å². The molecule has 0 bridgehead atoms. The predicted octanol–water partition coefficient (Wildman–Crippen LogP) is 7.76. The van der Waals surface area contributed by atoms with Gasteiger partial charge in [0.05, 0.1) is 33.0 Å². The fourth-order valence-corrected chi connectivity index (χ4v) is 3.68. The first-order chi connectivity index (χ1) is 15.9. The minimum absolute atomic E-state index is 0.0287. The van der Waals surface area contributed by atoms with E-state index in [0.717, 1.165) is 25.8 Å². The van der Waals surface area contributed by atoms with E-state index in [1.807, 2.05) is 39.8 Å². The highest BCUT2D eigenvalue weighted by Crippen LogP contribution is 2.35. The highest BCUT2D eigenvalue weighted by molar-refractivity contribution is 9.10. The van der Waals surface area contributed by atoms with Crippen LogP contribution in [0, 0.1) is 0 Å². The lowest BCUT2D eigenvalue weighted by Crippen LogP contribution is -2.07. The Morgan fingerprint density at radius 3 is 1.47 bits per heavy atom. The average molecular weight is 688 g/mol. The van der Waals surface area contributed by atoms with Gasteiger partial charge in [0.15, 0.2) is 23.0 Å². The zero-order valence-corrected chi connectivity index (χ0v) is 25.9. The second kappa shape index (κ2) is 17.9. The van der Waals surface area contributed by atoms with Gasteiger partial charge in [-0.25, -0.2) is 4.21 Å². The number of aliphatic hydroxyl groups is 1. The third-order valence-electron chi connectivity index (χ3n) is 3.70. The Kier molecular flexibility index (Phi) is 17.7. The van der Waals surface area contributed by atoms with E-state index in [1.54, 1.807) is 26.4 Å². The van der Waals surface area contributed by atoms with E-state index in [-0.39, 0.29) is 18.8 Å². The molecule has 1 N–H and O–H groups in total. The largest absolute Gasteiger partial charge is 0.493 e. The van der Waals surface area contributed by atoms with Crippen molar-refractivity contribution in [3.63, 3.8) is 0 Å². The molecular weight excluding hydrogens is 658 g/mol. The summed E-state index contributed by atoms with van der Waals surface area (Å²) in [6, 6.07) is 7.34. The number of benzene rings is 2. The maximum Gasteiger partial charge on any atom is 0.211 e. The molecule has 2 rings (SSSR count). The Bertz CT molecular complexity index is 845. The Labute approximate surface area is 234 Å². The molecule has 34 heavy (non-hydrogen) atoms. The van der Waals surface area contributed by atoms with Gasteiger partial charge in [0, 0.05) is 36.2 Å². The van der Waals surface area contributed by atoms with E-state index >= 15 is 0 Å². The molecule has 194 valence electrons. The SMILES string of the molecule is COc1cc(Br)c(CCl)cc1OC(C)C.COc1cc(Br)c(CO)cc1OC(C)C.O=S(Cl)Cl. The smallest absolute Gasteiger partial charge is 0.211 e. The average Bonchev–Trinajstić information content (AvgIpc) is 2.74. The maximum absolute atomic E-state index is 9.11. The molecule has 0 aliphatic heterocycles. The molecule has 0 aliphatic rings. The molecule has 0 aromatic heterocycles. The lowest BCUT2D eigenvalue weighted by Gasteiger charge is -2.15. The summed E-state index contributed by atoms with van der Waals surface area (Å²) in [5.74, 6) is 3.20. The Hall–Kier alpha value is -0.420. The van der Waals surface area contributed by atoms with Crippen molar-refractivity contribution in [1.82, 2.24) is 0 Å². The van der Waals surface area contributed by atoms with Gasteiger partial charge in [-0.15, -0.1) is 11.6 Å². The Balaban J connectivity index is 0.000000554. The molecule has 0 heterocycles. The Morgan fingerprint density at radius 2 is 1.18 bits per heavy atom. The summed E-state index contributed by atoms with van der Waals surface area (Å²) in [6.45, 7) is 7.81. The lowest BCUT2D eigenvalue weighted by atomic mass is 10.2. The number of hydrogen-bond donors (Lipinski definition) is 1. The van der Waals surface area contributed by atoms with Gasteiger partial charge in [-0.3, -0.25) is 0 Å². The van der Waals surface area contributed by atoms with Crippen LogP contribution in [0.25, 0.3) is 0 Å². The van der Waals surface area contributed by atoms with E-state index in [2.05, 4.69) is 53.2 Å². The molecule has 0 spiro atoms. The van der Waals surface area contributed by atoms with Gasteiger partial charge in [-0.2, -0.15) is 0 Å². The first-order valence-electron chi connectivity index (χ1n) is 9.87. The number of halogens is 5. The molecule has 2 aromatic rings. The van der Waals surface area contributed by atoms with Crippen LogP contribution in [0.3, 0.4) is 0 Å². The van der Waals surface area contributed by atoms with Crippen molar-refractivity contribution in [3.05, 3.63) is 44.3 Å². The normalized spacial score (nSPS) is 10.3. The van der Waals surface area contributed by atoms with Crippen molar-refractivity contribution < 1.29 is 28.3 Å². The summed E-state index contributed by atoms with van der Waals surface area (Å²) in [4.78, 5) is 0. The molecule has 12 heteroatoms. The lowest BCUT2D eigenvalue weighted by molar-refractivity contribution is 0.228. The third-order valence-corrected chi connectivity index (χ3v) is 5.47. The third kappa shape index (κ3) is 13.0. The van der Waals surface area contributed by atoms with Crippen molar-refractivity contribution in [2.24, 2.45) is 0 Å². The molecule has 0 radical (unpaired) electrons. The van der Waals surface area contributed by atoms with Crippen molar-refractivity contribution in [3.8, 4) is 23.0 Å². The van der Waals surface area contributed by atoms with Crippen molar-refractivity contribution in [1.29, 1.82) is 0 Å². The highest BCUT2D eigenvalue weighted by atomic mass is 79.9. The fraction of sp³-hybridized carbons (Fsp3) is 0.455. The number of aliphatic hydroxyl groups excluding tert-OH is 1. The molecule has 0 unspecified atom stereocenters. The van der Waals surface area contributed by atoms with Crippen LogP contribution in [0.4, 0.5) is 0 Å². The quantitative estimate of drug-likeness (QED) is 0.226. The van der Waals surface area contributed by atoms with Crippen LogP contribution in [0.15, 0.2) is 33.2 Å². The first kappa shape index (κ1) is 33.6. The molecule has 6 nitrogen and oxygen atoms in total. The predicted molar refractivity (Wildman–Crippen MR) is 148 cm³/mol. The molecule has 0 saturated carbocycles. The van der Waals surface area contributed by atoms with E-state index < -0.39 is 9.23 Å². The summed E-state index contributed by atoms with van der Waals surface area (Å²) in [5, 5.41) is 9.11. The minimum Gasteiger partial charge on any atom is -0.493 e. The standard InChI is InChI=1S/C11H14BrClO2.C11H15BrO3.Cl2OS/c2*1-7(2)15-11-4-8(6-13)9(12)5-10(11)14-3;1-4(2)3/h4-5,7H,6H2,1-3H3;4-5,7,13H,6H2,1-3H3;. The summed E-state index contributed by atoms with van der Waals surface area (Å²) in [6.07, 6.45) is 0.190. The number of hydrogen-bond acceptors (Lipinski definition) is 6. The molecule has 0 amide bonds. The van der Waals surface area contributed by atoms with E-state index in [0.29, 0.717) is 23.1 Å². The molecule has 0 fully saturated rings. The van der Waals surface area contributed by atoms with Gasteiger partial charge in [0.2, 0.25) is 9.23 Å². The van der Waals surface area contributed by atoms with Crippen LogP contribution in [-0.2, 0) is 21.7 Å². The molecule has 0 saturated heterocycles. The fourth-order valence-electron chi connectivity index (χ4n) is 2.39. The first-order valence-corrected chi connectivity index (χ1v) is 14.8. The Morgan fingerprint density at radius 1 is 0.824 bits per heavy atom. The van der Waals surface area contributed by atoms with Gasteiger partial charge < -0.3 is 24.1 Å². The van der Waals surface area contributed by atoms with Crippen LogP contribution < -0.4 is 18.9 Å². The molecule has 2 aromatic carbocycles. The second-order valence-corrected chi connectivity index (χ2v) is 11.5. The second-order valence-electron chi connectivity index (χ2n) is 7.00. The zero-order valence-electron chi connectivity index (χ0n) is 19.7. The van der Waals surface area contributed by atoms with Gasteiger partial charge >= 0.3 is 0 Å². The number of methoxy groups -OCH3 is 2. The van der Waals surface area contributed by atoms with Crippen molar-refractivity contribution in [2.75, 3.05) is 14.2 Å².